The van der Waals surface area contributed by atoms with Gasteiger partial charge in [0.2, 0.25) is 5.91 Å². The maximum atomic E-state index is 12.8. The number of tetrazole rings is 1. The zero-order chi connectivity index (χ0) is 19.9. The Morgan fingerprint density at radius 1 is 1.07 bits per heavy atom. The van der Waals surface area contributed by atoms with Crippen LogP contribution in [0.5, 0.6) is 0 Å². The Balaban J connectivity index is 1.36. The zero-order valence-electron chi connectivity index (χ0n) is 15.7. The smallest absolute Gasteiger partial charge is 0.245 e. The first-order chi connectivity index (χ1) is 14.3. The second-order valence-corrected chi connectivity index (χ2v) is 7.47. The van der Waals surface area contributed by atoms with Crippen LogP contribution in [0.1, 0.15) is 16.6 Å². The summed E-state index contributed by atoms with van der Waals surface area (Å²) in [7, 11) is 0. The highest BCUT2D eigenvalue weighted by Gasteiger charge is 2.22. The predicted molar refractivity (Wildman–Crippen MR) is 111 cm³/mol. The lowest BCUT2D eigenvalue weighted by molar-refractivity contribution is -0.124. The van der Waals surface area contributed by atoms with Crippen molar-refractivity contribution in [3.05, 3.63) is 82.9 Å². The van der Waals surface area contributed by atoms with Gasteiger partial charge >= 0.3 is 0 Å². The zero-order valence-corrected chi connectivity index (χ0v) is 16.5. The Hall–Kier alpha value is -3.39. The Kier molecular flexibility index (Phi) is 6.01. The fourth-order valence-electron chi connectivity index (χ4n) is 3.03. The maximum absolute atomic E-state index is 12.8. The maximum Gasteiger partial charge on any atom is 0.245 e. The third-order valence-electron chi connectivity index (χ3n) is 4.52. The largest absolute Gasteiger partial charge is 0.354 e. The van der Waals surface area contributed by atoms with Crippen LogP contribution in [0.2, 0.25) is 0 Å². The minimum absolute atomic E-state index is 0.110. The molecule has 0 unspecified atom stereocenters. The van der Waals surface area contributed by atoms with E-state index in [1.807, 2.05) is 66.0 Å². The lowest BCUT2D eigenvalue weighted by atomic mass is 10.1. The Bertz CT molecular complexity index is 1030. The van der Waals surface area contributed by atoms with Gasteiger partial charge in [-0.1, -0.05) is 60.7 Å². The summed E-state index contributed by atoms with van der Waals surface area (Å²) in [5, 5.41) is 17.3. The molecule has 0 saturated carbocycles. The van der Waals surface area contributed by atoms with Crippen molar-refractivity contribution in [1.29, 1.82) is 0 Å². The molecule has 0 bridgehead atoms. The molecule has 4 aromatic rings. The van der Waals surface area contributed by atoms with E-state index >= 15 is 0 Å². The summed E-state index contributed by atoms with van der Waals surface area (Å²) in [6.07, 6.45) is 2.67. The summed E-state index contributed by atoms with van der Waals surface area (Å²) >= 11 is 1.60. The number of carbonyl (C=O) groups excluding carboxylic acids is 1. The summed E-state index contributed by atoms with van der Waals surface area (Å²) in [6, 6.07) is 19.4. The van der Waals surface area contributed by atoms with E-state index in [2.05, 4.69) is 25.8 Å². The third kappa shape index (κ3) is 4.91. The second kappa shape index (κ2) is 9.20. The monoisotopic (exact) mass is 404 g/mol. The molecule has 0 spiro atoms. The van der Waals surface area contributed by atoms with Crippen LogP contribution in [-0.4, -0.2) is 37.6 Å². The molecule has 0 aliphatic heterocycles. The average molecular weight is 404 g/mol. The summed E-state index contributed by atoms with van der Waals surface area (Å²) in [5.41, 5.74) is 3.11. The first-order valence-corrected chi connectivity index (χ1v) is 10.2. The quantitative estimate of drug-likeness (QED) is 0.488. The fraction of sp³-hybridized carbons (Fsp3) is 0.190. The number of thiazole rings is 1. The highest BCUT2D eigenvalue weighted by Crippen LogP contribution is 2.21. The van der Waals surface area contributed by atoms with Gasteiger partial charge in [0.25, 0.3) is 0 Å². The van der Waals surface area contributed by atoms with Crippen molar-refractivity contribution >= 4 is 17.2 Å². The molecule has 1 atom stereocenters. The van der Waals surface area contributed by atoms with E-state index in [1.54, 1.807) is 11.3 Å². The van der Waals surface area contributed by atoms with Crippen molar-refractivity contribution in [2.24, 2.45) is 0 Å². The van der Waals surface area contributed by atoms with Crippen molar-refractivity contribution in [2.45, 2.75) is 18.9 Å². The molecule has 0 radical (unpaired) electrons. The van der Waals surface area contributed by atoms with Crippen LogP contribution in [-0.2, 0) is 17.6 Å². The summed E-state index contributed by atoms with van der Waals surface area (Å²) in [5.74, 6) is -0.110. The molecule has 1 amide bonds. The summed E-state index contributed by atoms with van der Waals surface area (Å²) < 4.78 is 1.50. The number of nitrogens with zero attached hydrogens (tertiary/aromatic N) is 5. The fourth-order valence-corrected chi connectivity index (χ4v) is 3.84. The third-order valence-corrected chi connectivity index (χ3v) is 5.43. The molecule has 29 heavy (non-hydrogen) atoms. The standard InChI is InChI=1S/C21H20N6OS/c28-21(19(27-15-23-25-26-27)13-16-7-3-1-4-8-16)22-12-11-20-24-18(14-29-20)17-9-5-2-6-10-17/h1-10,14-15,19H,11-13H2,(H,22,28)/t19-/m1/s1. The van der Waals surface area contributed by atoms with Crippen LogP contribution in [0.4, 0.5) is 0 Å². The summed E-state index contributed by atoms with van der Waals surface area (Å²) in [6.45, 7) is 0.508. The number of amides is 1. The van der Waals surface area contributed by atoms with Crippen molar-refractivity contribution in [2.75, 3.05) is 6.54 Å². The van der Waals surface area contributed by atoms with Gasteiger partial charge in [0.1, 0.15) is 12.4 Å². The first kappa shape index (κ1) is 18.9. The Morgan fingerprint density at radius 3 is 2.55 bits per heavy atom. The highest BCUT2D eigenvalue weighted by atomic mass is 32.1. The molecule has 2 aromatic heterocycles. The molecular formula is C21H20N6OS. The molecule has 0 aliphatic carbocycles. The first-order valence-electron chi connectivity index (χ1n) is 9.33. The number of rotatable bonds is 8. The predicted octanol–water partition coefficient (Wildman–Crippen LogP) is 2.94. The molecule has 2 heterocycles. The van der Waals surface area contributed by atoms with Gasteiger partial charge in [-0.15, -0.1) is 16.4 Å². The minimum atomic E-state index is -0.497. The van der Waals surface area contributed by atoms with Crippen LogP contribution in [0.3, 0.4) is 0 Å². The molecule has 146 valence electrons. The van der Waals surface area contributed by atoms with E-state index in [0.717, 1.165) is 21.8 Å². The average Bonchev–Trinajstić information content (AvgIpc) is 3.46. The lowest BCUT2D eigenvalue weighted by Crippen LogP contribution is -2.35. The van der Waals surface area contributed by atoms with Gasteiger partial charge in [-0.25, -0.2) is 9.67 Å². The molecule has 4 rings (SSSR count). The van der Waals surface area contributed by atoms with E-state index in [1.165, 1.54) is 11.0 Å². The second-order valence-electron chi connectivity index (χ2n) is 6.53. The van der Waals surface area contributed by atoms with Gasteiger partial charge in [0, 0.05) is 30.3 Å². The molecule has 8 heteroatoms. The van der Waals surface area contributed by atoms with Crippen molar-refractivity contribution < 1.29 is 4.79 Å². The van der Waals surface area contributed by atoms with Gasteiger partial charge in [-0.05, 0) is 16.0 Å². The number of hydrogen-bond donors (Lipinski definition) is 1. The van der Waals surface area contributed by atoms with E-state index in [9.17, 15) is 4.79 Å². The van der Waals surface area contributed by atoms with E-state index in [0.29, 0.717) is 19.4 Å². The van der Waals surface area contributed by atoms with Gasteiger partial charge in [-0.2, -0.15) is 0 Å². The van der Waals surface area contributed by atoms with Gasteiger partial charge in [0.15, 0.2) is 0 Å². The minimum Gasteiger partial charge on any atom is -0.354 e. The van der Waals surface area contributed by atoms with Crippen molar-refractivity contribution in [3.8, 4) is 11.3 Å². The number of nitrogens with one attached hydrogen (secondary N) is 1. The van der Waals surface area contributed by atoms with Gasteiger partial charge < -0.3 is 5.32 Å². The highest BCUT2D eigenvalue weighted by molar-refractivity contribution is 7.09. The van der Waals surface area contributed by atoms with Crippen molar-refractivity contribution in [3.63, 3.8) is 0 Å². The Morgan fingerprint density at radius 2 is 1.83 bits per heavy atom. The molecule has 7 nitrogen and oxygen atoms in total. The Labute approximate surface area is 172 Å². The number of aromatic nitrogens is 5. The van der Waals surface area contributed by atoms with Crippen molar-refractivity contribution in [1.82, 2.24) is 30.5 Å². The molecule has 0 fully saturated rings. The topological polar surface area (TPSA) is 85.6 Å². The summed E-state index contributed by atoms with van der Waals surface area (Å²) in [4.78, 5) is 17.5. The molecule has 0 aliphatic rings. The molecular weight excluding hydrogens is 384 g/mol. The van der Waals surface area contributed by atoms with E-state index < -0.39 is 6.04 Å². The van der Waals surface area contributed by atoms with Gasteiger partial charge in [-0.3, -0.25) is 4.79 Å². The van der Waals surface area contributed by atoms with E-state index in [4.69, 9.17) is 0 Å². The van der Waals surface area contributed by atoms with Crippen LogP contribution < -0.4 is 5.32 Å². The SMILES string of the molecule is O=C(NCCc1nc(-c2ccccc2)cs1)[C@@H](Cc1ccccc1)n1cnnn1. The van der Waals surface area contributed by atoms with Crippen LogP contribution in [0.15, 0.2) is 72.4 Å². The van der Waals surface area contributed by atoms with E-state index in [-0.39, 0.29) is 5.91 Å². The number of carbonyl (C=O) groups is 1. The normalized spacial score (nSPS) is 11.9. The van der Waals surface area contributed by atoms with Crippen LogP contribution >= 0.6 is 11.3 Å². The van der Waals surface area contributed by atoms with Crippen LogP contribution in [0.25, 0.3) is 11.3 Å². The molecule has 1 N–H and O–H groups in total. The number of benzene rings is 2. The van der Waals surface area contributed by atoms with Crippen LogP contribution in [0, 0.1) is 0 Å². The molecule has 0 saturated heterocycles. The lowest BCUT2D eigenvalue weighted by Gasteiger charge is -2.16. The number of hydrogen-bond acceptors (Lipinski definition) is 6. The van der Waals surface area contributed by atoms with Gasteiger partial charge in [0.05, 0.1) is 10.7 Å². The molecule has 2 aromatic carbocycles.